The Hall–Kier alpha value is -1.98. The van der Waals surface area contributed by atoms with Gasteiger partial charge < -0.3 is 0 Å². The first-order chi connectivity index (χ1) is 11.8. The maximum absolute atomic E-state index is 4.73. The van der Waals surface area contributed by atoms with E-state index in [-0.39, 0.29) is 0 Å². The largest absolute Gasteiger partial charge is 0.253 e. The summed E-state index contributed by atoms with van der Waals surface area (Å²) in [6, 6.07) is 18.3. The Balaban J connectivity index is 1.77. The van der Waals surface area contributed by atoms with Crippen LogP contribution in [0.3, 0.4) is 0 Å². The fourth-order valence-electron chi connectivity index (χ4n) is 2.33. The van der Waals surface area contributed by atoms with E-state index in [2.05, 4.69) is 45.5 Å². The van der Waals surface area contributed by atoms with Gasteiger partial charge in [-0.3, -0.25) is 5.43 Å². The number of nitrogens with zero attached hydrogens (tertiary/aromatic N) is 2. The van der Waals surface area contributed by atoms with Gasteiger partial charge in [0.1, 0.15) is 0 Å². The highest BCUT2D eigenvalue weighted by Crippen LogP contribution is 2.32. The van der Waals surface area contributed by atoms with Gasteiger partial charge in [-0.1, -0.05) is 83.1 Å². The first kappa shape index (κ1) is 16.9. The number of rotatable bonds is 6. The van der Waals surface area contributed by atoms with Crippen molar-refractivity contribution in [3.05, 3.63) is 69.5 Å². The van der Waals surface area contributed by atoms with Crippen LogP contribution in [0.15, 0.2) is 64.2 Å². The van der Waals surface area contributed by atoms with Crippen molar-refractivity contribution in [2.24, 2.45) is 5.10 Å². The Morgan fingerprint density at radius 1 is 1.12 bits per heavy atom. The molecule has 0 aliphatic heterocycles. The zero-order valence-corrected chi connectivity index (χ0v) is 15.8. The molecule has 0 amide bonds. The second-order valence-electron chi connectivity index (χ2n) is 5.33. The molecule has 0 bridgehead atoms. The molecule has 1 heterocycles. The smallest absolute Gasteiger partial charge is 0.204 e. The van der Waals surface area contributed by atoms with Gasteiger partial charge in [0.25, 0.3) is 0 Å². The third kappa shape index (κ3) is 4.30. The van der Waals surface area contributed by atoms with Gasteiger partial charge in [0.2, 0.25) is 5.13 Å². The Labute approximate surface area is 154 Å². The lowest BCUT2D eigenvalue weighted by Crippen LogP contribution is -1.90. The van der Waals surface area contributed by atoms with Crippen LogP contribution in [0.2, 0.25) is 0 Å². The fraction of sp³-hybridized carbons (Fsp3) is 0.158. The van der Waals surface area contributed by atoms with E-state index in [0.29, 0.717) is 0 Å². The van der Waals surface area contributed by atoms with Crippen molar-refractivity contribution in [3.63, 3.8) is 0 Å². The molecule has 0 spiro atoms. The minimum atomic E-state index is 0.825. The first-order valence-corrected chi connectivity index (χ1v) is 9.47. The van der Waals surface area contributed by atoms with E-state index in [1.165, 1.54) is 4.88 Å². The molecule has 0 unspecified atom stereocenters. The molecule has 1 N–H and O–H groups in total. The van der Waals surface area contributed by atoms with Gasteiger partial charge in [-0.05, 0) is 24.1 Å². The summed E-state index contributed by atoms with van der Waals surface area (Å²) in [5.74, 6) is 0. The number of hydrogen-bond acceptors (Lipinski definition) is 4. The highest BCUT2D eigenvalue weighted by molar-refractivity contribution is 9.10. The zero-order chi connectivity index (χ0) is 16.8. The van der Waals surface area contributed by atoms with Crippen molar-refractivity contribution in [1.82, 2.24) is 4.98 Å². The van der Waals surface area contributed by atoms with Crippen molar-refractivity contribution in [3.8, 4) is 11.3 Å². The number of hydrazone groups is 1. The summed E-state index contributed by atoms with van der Waals surface area (Å²) in [6.07, 6.45) is 3.93. The Morgan fingerprint density at radius 3 is 2.58 bits per heavy atom. The molecule has 122 valence electrons. The molecule has 0 saturated heterocycles. The van der Waals surface area contributed by atoms with Gasteiger partial charge in [-0.2, -0.15) is 5.10 Å². The van der Waals surface area contributed by atoms with Crippen LogP contribution in [0.1, 0.15) is 23.8 Å². The molecule has 0 aliphatic carbocycles. The fourth-order valence-corrected chi connectivity index (χ4v) is 3.63. The molecular weight excluding hydrogens is 382 g/mol. The number of thiazole rings is 1. The van der Waals surface area contributed by atoms with Crippen LogP contribution in [0, 0.1) is 0 Å². The van der Waals surface area contributed by atoms with Crippen LogP contribution in [0.4, 0.5) is 5.13 Å². The third-order valence-electron chi connectivity index (χ3n) is 3.47. The lowest BCUT2D eigenvalue weighted by atomic mass is 10.1. The van der Waals surface area contributed by atoms with Gasteiger partial charge in [0.05, 0.1) is 11.9 Å². The zero-order valence-electron chi connectivity index (χ0n) is 13.4. The average Bonchev–Trinajstić information content (AvgIpc) is 3.01. The summed E-state index contributed by atoms with van der Waals surface area (Å²) in [5, 5.41) is 5.13. The summed E-state index contributed by atoms with van der Waals surface area (Å²) in [6.45, 7) is 2.19. The molecule has 0 saturated carbocycles. The van der Waals surface area contributed by atoms with Crippen LogP contribution in [0.5, 0.6) is 0 Å². The minimum absolute atomic E-state index is 0.825. The molecule has 3 aromatic rings. The highest BCUT2D eigenvalue weighted by Gasteiger charge is 2.11. The topological polar surface area (TPSA) is 37.3 Å². The SMILES string of the molecule is CCCc1sc(N/N=C/c2ccc(Br)cc2)nc1-c1ccccc1. The first-order valence-electron chi connectivity index (χ1n) is 7.86. The molecule has 0 radical (unpaired) electrons. The van der Waals surface area contributed by atoms with Crippen molar-refractivity contribution in [2.75, 3.05) is 5.43 Å². The molecule has 1 aromatic heterocycles. The lowest BCUT2D eigenvalue weighted by molar-refractivity contribution is 0.938. The molecule has 5 heteroatoms. The van der Waals surface area contributed by atoms with E-state index in [1.54, 1.807) is 17.6 Å². The average molecular weight is 400 g/mol. The molecule has 0 atom stereocenters. The molecular formula is C19H18BrN3S. The van der Waals surface area contributed by atoms with E-state index in [1.807, 2.05) is 42.5 Å². The van der Waals surface area contributed by atoms with E-state index < -0.39 is 0 Å². The molecule has 3 nitrogen and oxygen atoms in total. The number of halogens is 1. The van der Waals surface area contributed by atoms with Crippen LogP contribution in [-0.4, -0.2) is 11.2 Å². The standard InChI is InChI=1S/C19H18BrN3S/c1-2-6-17-18(15-7-4-3-5-8-15)22-19(24-17)23-21-13-14-9-11-16(20)12-10-14/h3-5,7-13H,2,6H2,1H3,(H,22,23)/b21-13+. The van der Waals surface area contributed by atoms with E-state index >= 15 is 0 Å². The summed E-state index contributed by atoms with van der Waals surface area (Å²) in [7, 11) is 0. The van der Waals surface area contributed by atoms with Gasteiger partial charge in [0, 0.05) is 14.9 Å². The Kier molecular flexibility index (Phi) is 5.77. The number of aryl methyl sites for hydroxylation is 1. The predicted molar refractivity (Wildman–Crippen MR) is 107 cm³/mol. The minimum Gasteiger partial charge on any atom is -0.253 e. The van der Waals surface area contributed by atoms with Gasteiger partial charge in [-0.15, -0.1) is 0 Å². The third-order valence-corrected chi connectivity index (χ3v) is 5.01. The maximum Gasteiger partial charge on any atom is 0.204 e. The van der Waals surface area contributed by atoms with Crippen molar-refractivity contribution >= 4 is 38.6 Å². The van der Waals surface area contributed by atoms with Crippen LogP contribution in [-0.2, 0) is 6.42 Å². The summed E-state index contributed by atoms with van der Waals surface area (Å²) < 4.78 is 1.06. The molecule has 24 heavy (non-hydrogen) atoms. The van der Waals surface area contributed by atoms with E-state index in [9.17, 15) is 0 Å². The Morgan fingerprint density at radius 2 is 1.88 bits per heavy atom. The molecule has 2 aromatic carbocycles. The second-order valence-corrected chi connectivity index (χ2v) is 7.33. The summed E-state index contributed by atoms with van der Waals surface area (Å²) in [5.41, 5.74) is 6.32. The van der Waals surface area contributed by atoms with Gasteiger partial charge in [-0.25, -0.2) is 4.98 Å². The van der Waals surface area contributed by atoms with Gasteiger partial charge in [0.15, 0.2) is 0 Å². The highest BCUT2D eigenvalue weighted by atomic mass is 79.9. The van der Waals surface area contributed by atoms with Crippen molar-refractivity contribution in [1.29, 1.82) is 0 Å². The predicted octanol–water partition coefficient (Wildman–Crippen LogP) is 5.97. The quantitative estimate of drug-likeness (QED) is 0.409. The molecule has 0 aliphatic rings. The number of anilines is 1. The van der Waals surface area contributed by atoms with Crippen molar-refractivity contribution in [2.45, 2.75) is 19.8 Å². The monoisotopic (exact) mass is 399 g/mol. The van der Waals surface area contributed by atoms with Crippen LogP contribution < -0.4 is 5.43 Å². The van der Waals surface area contributed by atoms with E-state index in [0.717, 1.165) is 39.3 Å². The molecule has 0 fully saturated rings. The normalized spacial score (nSPS) is 11.1. The van der Waals surface area contributed by atoms with E-state index in [4.69, 9.17) is 4.98 Å². The summed E-state index contributed by atoms with van der Waals surface area (Å²) in [4.78, 5) is 6.03. The summed E-state index contributed by atoms with van der Waals surface area (Å²) >= 11 is 5.10. The van der Waals surface area contributed by atoms with Crippen LogP contribution >= 0.6 is 27.3 Å². The second kappa shape index (κ2) is 8.22. The van der Waals surface area contributed by atoms with Crippen LogP contribution in [0.25, 0.3) is 11.3 Å². The molecule has 3 rings (SSSR count). The maximum atomic E-state index is 4.73. The number of aromatic nitrogens is 1. The number of benzene rings is 2. The lowest BCUT2D eigenvalue weighted by Gasteiger charge is -1.99. The van der Waals surface area contributed by atoms with Crippen molar-refractivity contribution < 1.29 is 0 Å². The van der Waals surface area contributed by atoms with Gasteiger partial charge >= 0.3 is 0 Å². The Bertz CT molecular complexity index is 810. The number of nitrogens with one attached hydrogen (secondary N) is 1. The number of hydrogen-bond donors (Lipinski definition) is 1.